The first-order valence-corrected chi connectivity index (χ1v) is 12.6. The summed E-state index contributed by atoms with van der Waals surface area (Å²) in [6.07, 6.45) is 1.07. The molecule has 202 valence electrons. The number of alkyl halides is 3. The largest absolute Gasteiger partial charge is 0.468 e. The van der Waals surface area contributed by atoms with E-state index in [4.69, 9.17) is 15.2 Å². The Morgan fingerprint density at radius 1 is 1.22 bits per heavy atom. The first-order valence-electron chi connectivity index (χ1n) is 12.6. The van der Waals surface area contributed by atoms with E-state index in [0.717, 1.165) is 7.11 Å². The lowest BCUT2D eigenvalue weighted by Gasteiger charge is -2.42. The van der Waals surface area contributed by atoms with Crippen molar-refractivity contribution in [2.45, 2.75) is 50.2 Å². The number of piperidine rings is 1. The standard InChI is InChI=1S/C25H32F3N5O4/c1-36-12-16(24(23(35)37-2)9-15(25(26,27)28)10-30-22(24)34)17-7-8-19-31-18(11-33(19)32-17)21(29)20(13-3-4-13)14-5-6-14/h7-8,11,13-16,20-21H,3-6,9-10,12,29H2,1-2H3,(H,30,34)/t15-,16?,21-,24?/m1/s1. The monoisotopic (exact) mass is 523 g/mol. The van der Waals surface area contributed by atoms with E-state index < -0.39 is 48.3 Å². The molecule has 0 aromatic carbocycles. The third-order valence-electron chi connectivity index (χ3n) is 8.23. The van der Waals surface area contributed by atoms with Crippen molar-refractivity contribution in [3.8, 4) is 0 Å². The number of hydrogen-bond donors (Lipinski definition) is 2. The van der Waals surface area contributed by atoms with Crippen molar-refractivity contribution < 1.29 is 32.2 Å². The molecule has 0 radical (unpaired) electrons. The number of halogens is 3. The van der Waals surface area contributed by atoms with Gasteiger partial charge in [-0.05, 0) is 62.0 Å². The fraction of sp³-hybridized carbons (Fsp3) is 0.680. The van der Waals surface area contributed by atoms with Crippen LogP contribution in [0.15, 0.2) is 18.3 Å². The number of hydrogen-bond acceptors (Lipinski definition) is 7. The molecule has 0 spiro atoms. The van der Waals surface area contributed by atoms with Gasteiger partial charge in [-0.25, -0.2) is 9.50 Å². The topological polar surface area (TPSA) is 121 Å². The number of amides is 1. The molecule has 3 heterocycles. The maximum Gasteiger partial charge on any atom is 0.393 e. The molecule has 3 aliphatic rings. The third kappa shape index (κ3) is 4.69. The fourth-order valence-electron chi connectivity index (χ4n) is 6.00. The summed E-state index contributed by atoms with van der Waals surface area (Å²) in [6, 6.07) is 2.99. The van der Waals surface area contributed by atoms with E-state index in [9.17, 15) is 22.8 Å². The van der Waals surface area contributed by atoms with Crippen molar-refractivity contribution in [1.82, 2.24) is 19.9 Å². The molecule has 1 amide bonds. The second-order valence-corrected chi connectivity index (χ2v) is 10.6. The van der Waals surface area contributed by atoms with Gasteiger partial charge in [0.15, 0.2) is 11.1 Å². The molecular weight excluding hydrogens is 491 g/mol. The van der Waals surface area contributed by atoms with Crippen LogP contribution in [0.2, 0.25) is 0 Å². The lowest BCUT2D eigenvalue weighted by molar-refractivity contribution is -0.198. The third-order valence-corrected chi connectivity index (χ3v) is 8.23. The van der Waals surface area contributed by atoms with Gasteiger partial charge in [0.05, 0.1) is 49.2 Å². The van der Waals surface area contributed by atoms with Crippen LogP contribution in [0.4, 0.5) is 13.2 Å². The average Bonchev–Trinajstić information content (AvgIpc) is 3.81. The Morgan fingerprint density at radius 3 is 2.46 bits per heavy atom. The predicted molar refractivity (Wildman–Crippen MR) is 125 cm³/mol. The van der Waals surface area contributed by atoms with Crippen LogP contribution in [-0.4, -0.2) is 60.0 Å². The Kier molecular flexibility index (Phi) is 6.68. The Hall–Kier alpha value is -2.73. The number of imidazole rings is 1. The molecule has 12 heteroatoms. The predicted octanol–water partition coefficient (Wildman–Crippen LogP) is 2.75. The van der Waals surface area contributed by atoms with Crippen LogP contribution in [0.25, 0.3) is 5.65 Å². The van der Waals surface area contributed by atoms with Gasteiger partial charge in [-0.3, -0.25) is 9.59 Å². The summed E-state index contributed by atoms with van der Waals surface area (Å²) in [5, 5.41) is 6.86. The van der Waals surface area contributed by atoms with E-state index in [1.165, 1.54) is 37.3 Å². The van der Waals surface area contributed by atoms with Gasteiger partial charge >= 0.3 is 12.1 Å². The number of rotatable bonds is 9. The zero-order valence-electron chi connectivity index (χ0n) is 20.8. The Balaban J connectivity index is 1.53. The lowest BCUT2D eigenvalue weighted by atomic mass is 9.65. The van der Waals surface area contributed by atoms with E-state index in [1.54, 1.807) is 18.3 Å². The van der Waals surface area contributed by atoms with E-state index >= 15 is 0 Å². The van der Waals surface area contributed by atoms with Crippen molar-refractivity contribution in [3.63, 3.8) is 0 Å². The highest BCUT2D eigenvalue weighted by atomic mass is 19.4. The number of carbonyl (C=O) groups is 2. The molecule has 9 nitrogen and oxygen atoms in total. The smallest absolute Gasteiger partial charge is 0.393 e. The average molecular weight is 524 g/mol. The van der Waals surface area contributed by atoms with Crippen molar-refractivity contribution in [2.75, 3.05) is 27.4 Å². The minimum atomic E-state index is -4.61. The Labute approximate surface area is 212 Å². The molecule has 5 rings (SSSR count). The number of methoxy groups -OCH3 is 2. The van der Waals surface area contributed by atoms with Crippen molar-refractivity contribution in [3.05, 3.63) is 29.7 Å². The first-order chi connectivity index (χ1) is 17.6. The van der Waals surface area contributed by atoms with Crippen molar-refractivity contribution in [2.24, 2.45) is 34.8 Å². The summed E-state index contributed by atoms with van der Waals surface area (Å²) in [7, 11) is 2.40. The van der Waals surface area contributed by atoms with Gasteiger partial charge in [0.25, 0.3) is 0 Å². The van der Waals surface area contributed by atoms with Crippen LogP contribution in [0.1, 0.15) is 55.5 Å². The van der Waals surface area contributed by atoms with Gasteiger partial charge in [0.2, 0.25) is 5.91 Å². The Bertz CT molecular complexity index is 1160. The van der Waals surface area contributed by atoms with Crippen LogP contribution in [0, 0.1) is 29.1 Å². The quantitative estimate of drug-likeness (QED) is 0.383. The minimum Gasteiger partial charge on any atom is -0.468 e. The molecule has 2 aliphatic carbocycles. The van der Waals surface area contributed by atoms with E-state index in [0.29, 0.717) is 29.1 Å². The number of fused-ring (bicyclic) bond motifs is 1. The highest BCUT2D eigenvalue weighted by Crippen LogP contribution is 2.53. The number of carbonyl (C=O) groups excluding carboxylic acids is 2. The molecule has 1 saturated heterocycles. The summed E-state index contributed by atoms with van der Waals surface area (Å²) in [6.45, 7) is -0.836. The van der Waals surface area contributed by atoms with Gasteiger partial charge in [-0.2, -0.15) is 18.3 Å². The molecule has 2 saturated carbocycles. The number of nitrogens with one attached hydrogen (secondary N) is 1. The molecule has 4 atom stereocenters. The van der Waals surface area contributed by atoms with Gasteiger partial charge in [0.1, 0.15) is 0 Å². The summed E-state index contributed by atoms with van der Waals surface area (Å²) in [4.78, 5) is 30.9. The summed E-state index contributed by atoms with van der Waals surface area (Å²) < 4.78 is 52.9. The van der Waals surface area contributed by atoms with Crippen LogP contribution in [-0.2, 0) is 19.1 Å². The second-order valence-electron chi connectivity index (χ2n) is 10.6. The SMILES string of the molecule is COCC(c1ccc2nc([C@@H](N)C(C3CC3)C3CC3)cn2n1)C1(C(=O)OC)C[C@@H](C(F)(F)F)CNC1=O. The fourth-order valence-corrected chi connectivity index (χ4v) is 6.00. The maximum atomic E-state index is 13.7. The van der Waals surface area contributed by atoms with Crippen molar-refractivity contribution in [1.29, 1.82) is 0 Å². The number of aromatic nitrogens is 3. The van der Waals surface area contributed by atoms with Crippen LogP contribution in [0.3, 0.4) is 0 Å². The molecule has 37 heavy (non-hydrogen) atoms. The zero-order valence-corrected chi connectivity index (χ0v) is 20.8. The van der Waals surface area contributed by atoms with Gasteiger partial charge < -0.3 is 20.5 Å². The summed E-state index contributed by atoms with van der Waals surface area (Å²) in [5.41, 5.74) is 5.92. The highest BCUT2D eigenvalue weighted by molar-refractivity contribution is 6.04. The van der Waals surface area contributed by atoms with E-state index in [1.807, 2.05) is 0 Å². The van der Waals surface area contributed by atoms with Crippen LogP contribution >= 0.6 is 0 Å². The van der Waals surface area contributed by atoms with Crippen LogP contribution in [0.5, 0.6) is 0 Å². The zero-order chi connectivity index (χ0) is 26.5. The van der Waals surface area contributed by atoms with Crippen molar-refractivity contribution >= 4 is 17.5 Å². The van der Waals surface area contributed by atoms with Gasteiger partial charge in [0, 0.05) is 13.7 Å². The number of nitrogens with two attached hydrogens (primary N) is 1. The summed E-state index contributed by atoms with van der Waals surface area (Å²) >= 11 is 0. The molecule has 0 bridgehead atoms. The first kappa shape index (κ1) is 25.9. The number of esters is 1. The van der Waals surface area contributed by atoms with Gasteiger partial charge in [-0.1, -0.05) is 0 Å². The van der Waals surface area contributed by atoms with Gasteiger partial charge in [-0.15, -0.1) is 0 Å². The minimum absolute atomic E-state index is 0.219. The lowest BCUT2D eigenvalue weighted by Crippen LogP contribution is -2.60. The number of ether oxygens (including phenoxy) is 2. The van der Waals surface area contributed by atoms with E-state index in [-0.39, 0.29) is 18.3 Å². The van der Waals surface area contributed by atoms with Crippen LogP contribution < -0.4 is 11.1 Å². The molecule has 3 N–H and O–H groups in total. The number of nitrogens with zero attached hydrogens (tertiary/aromatic N) is 3. The normalized spacial score (nSPS) is 26.2. The molecule has 2 unspecified atom stereocenters. The molecule has 2 aromatic rings. The highest BCUT2D eigenvalue weighted by Gasteiger charge is 2.61. The molecule has 2 aromatic heterocycles. The molecule has 1 aliphatic heterocycles. The maximum absolute atomic E-state index is 13.7. The summed E-state index contributed by atoms with van der Waals surface area (Å²) in [5.74, 6) is -3.35. The molecule has 3 fully saturated rings. The van der Waals surface area contributed by atoms with E-state index in [2.05, 4.69) is 15.4 Å². The second kappa shape index (κ2) is 9.54. The molecular formula is C25H32F3N5O4. The Morgan fingerprint density at radius 2 is 1.89 bits per heavy atom.